The Labute approximate surface area is 429 Å². The third-order valence-electron chi connectivity index (χ3n) is 11.3. The van der Waals surface area contributed by atoms with Crippen LogP contribution in [0.15, 0.2) is 29.3 Å². The molecule has 19 N–H and O–H groups in total. The van der Waals surface area contributed by atoms with E-state index in [1.165, 1.54) is 6.92 Å². The van der Waals surface area contributed by atoms with Crippen LogP contribution < -0.4 is 71.2 Å². The Balaban J connectivity index is 3.46. The van der Waals surface area contributed by atoms with E-state index in [4.69, 9.17) is 34.1 Å². The fourth-order valence-corrected chi connectivity index (χ4v) is 7.55. The minimum Gasteiger partial charge on any atom is -0.384 e. The quantitative estimate of drug-likeness (QED) is 0.0221. The lowest BCUT2D eigenvalue weighted by Crippen LogP contribution is -2.61. The predicted molar refractivity (Wildman–Crippen MR) is 278 cm³/mol. The highest BCUT2D eigenvalue weighted by atomic mass is 16.2. The van der Waals surface area contributed by atoms with Gasteiger partial charge < -0.3 is 71.2 Å². The summed E-state index contributed by atoms with van der Waals surface area (Å²) in [6.45, 7) is 16.1. The van der Waals surface area contributed by atoms with Gasteiger partial charge in [-0.3, -0.25) is 53.6 Å². The van der Waals surface area contributed by atoms with Gasteiger partial charge in [-0.1, -0.05) is 79.7 Å². The van der Waals surface area contributed by atoms with Crippen molar-refractivity contribution in [1.29, 1.82) is 5.41 Å². The van der Waals surface area contributed by atoms with Gasteiger partial charge in [-0.25, -0.2) is 0 Å². The van der Waals surface area contributed by atoms with Gasteiger partial charge in [0.15, 0.2) is 5.96 Å². The molecule has 0 aliphatic carbocycles. The molecule has 0 saturated carbocycles. The van der Waals surface area contributed by atoms with Crippen molar-refractivity contribution in [2.45, 2.75) is 169 Å². The van der Waals surface area contributed by atoms with Crippen LogP contribution in [0, 0.1) is 29.1 Å². The largest absolute Gasteiger partial charge is 0.384 e. The van der Waals surface area contributed by atoms with Gasteiger partial charge in [-0.15, -0.1) is 0 Å². The fraction of sp³-hybridized carbons (Fsp3) is 0.653. The Kier molecular flexibility index (Phi) is 29.0. The van der Waals surface area contributed by atoms with Crippen molar-refractivity contribution in [3.8, 4) is 0 Å². The van der Waals surface area contributed by atoms with E-state index in [0.29, 0.717) is 24.9 Å². The number of aliphatic imine (C=N–C) groups is 1. The molecule has 24 heteroatoms. The van der Waals surface area contributed by atoms with Gasteiger partial charge in [-0.2, -0.15) is 0 Å². The zero-order valence-corrected chi connectivity index (χ0v) is 44.2. The minimum absolute atomic E-state index is 0.0143. The normalized spacial score (nSPS) is 14.1. The number of nitrogen functional groups attached to an aromatic ring is 1. The summed E-state index contributed by atoms with van der Waals surface area (Å²) >= 11 is 0. The molecule has 0 unspecified atom stereocenters. The molecular weight excluding hydrogens is 943 g/mol. The van der Waals surface area contributed by atoms with Crippen molar-refractivity contribution >= 4 is 65.0 Å². The average molecular weight is 1030 g/mol. The van der Waals surface area contributed by atoms with Gasteiger partial charge in [0.25, 0.3) is 0 Å². The lowest BCUT2D eigenvalue weighted by atomic mass is 9.98. The second-order valence-electron chi connectivity index (χ2n) is 19.9. The zero-order valence-electron chi connectivity index (χ0n) is 44.2. The Bertz CT molecular complexity index is 2040. The maximum Gasteiger partial charge on any atom is 0.243 e. The summed E-state index contributed by atoms with van der Waals surface area (Å²) in [4.78, 5) is 125. The maximum absolute atomic E-state index is 14.3. The number of nitrogens with two attached hydrogens (primary N) is 5. The van der Waals surface area contributed by atoms with E-state index < -0.39 is 108 Å². The average Bonchev–Trinajstić information content (AvgIpc) is 3.28. The summed E-state index contributed by atoms with van der Waals surface area (Å²) in [6, 6.07) is -1.83. The smallest absolute Gasteiger partial charge is 0.243 e. The highest BCUT2D eigenvalue weighted by Gasteiger charge is 2.35. The van der Waals surface area contributed by atoms with Crippen molar-refractivity contribution in [3.63, 3.8) is 0 Å². The molecule has 0 aliphatic rings. The van der Waals surface area contributed by atoms with Crippen LogP contribution in [0.3, 0.4) is 0 Å². The SMILES string of the molecule is CC(=O)N[C@@H](CC(C)C)C(=O)N[C@@H](CC(N)=O)C(=O)N[C@@H](CC(C)C)C(=O)N[C@@H](CC(C)C)C(=O)N[C@@H](CCCN=C(N)N)C(=O)N[C@H](C(=O)N[C@@H](CCCCN)C(=O)NCc1ccc(C(=N)N)cc1)C(C)C. The number of hydrogen-bond acceptors (Lipinski definition) is 12. The Morgan fingerprint density at radius 1 is 0.534 bits per heavy atom. The molecule has 0 bridgehead atoms. The van der Waals surface area contributed by atoms with E-state index in [2.05, 4.69) is 47.5 Å². The molecule has 1 rings (SSSR count). The van der Waals surface area contributed by atoms with E-state index in [0.717, 1.165) is 5.56 Å². The molecule has 1 aromatic rings. The first-order valence-electron chi connectivity index (χ1n) is 25.0. The number of nitrogens with one attached hydrogen (secondary N) is 9. The fourth-order valence-electron chi connectivity index (χ4n) is 7.55. The molecule has 24 nitrogen and oxygen atoms in total. The molecule has 0 spiro atoms. The molecule has 0 heterocycles. The second-order valence-corrected chi connectivity index (χ2v) is 19.9. The molecule has 1 aromatic carbocycles. The van der Waals surface area contributed by atoms with Crippen molar-refractivity contribution < 1.29 is 43.2 Å². The summed E-state index contributed by atoms with van der Waals surface area (Å²) in [5, 5.41) is 29.1. The van der Waals surface area contributed by atoms with Crippen LogP contribution >= 0.6 is 0 Å². The Morgan fingerprint density at radius 3 is 1.40 bits per heavy atom. The number of hydrogen-bond donors (Lipinski definition) is 14. The van der Waals surface area contributed by atoms with Gasteiger partial charge in [0.2, 0.25) is 53.2 Å². The van der Waals surface area contributed by atoms with Gasteiger partial charge >= 0.3 is 0 Å². The summed E-state index contributed by atoms with van der Waals surface area (Å²) in [6.07, 6.45) is 1.26. The number of carbonyl (C=O) groups is 9. The van der Waals surface area contributed by atoms with Gasteiger partial charge in [-0.05, 0) is 87.1 Å². The predicted octanol–water partition coefficient (Wildman–Crippen LogP) is -1.15. The first-order valence-corrected chi connectivity index (χ1v) is 25.0. The number of rotatable bonds is 34. The third-order valence-corrected chi connectivity index (χ3v) is 11.3. The molecule has 0 aromatic heterocycles. The lowest BCUT2D eigenvalue weighted by Gasteiger charge is -2.29. The number of unbranched alkanes of at least 4 members (excludes halogenated alkanes) is 1. The Hall–Kier alpha value is -6.85. The number of benzene rings is 1. The summed E-state index contributed by atoms with van der Waals surface area (Å²) in [7, 11) is 0. The molecule has 0 fully saturated rings. The highest BCUT2D eigenvalue weighted by molar-refractivity contribution is 5.99. The minimum atomic E-state index is -1.52. The number of nitrogens with zero attached hydrogens (tertiary/aromatic N) is 1. The van der Waals surface area contributed by atoms with Crippen molar-refractivity contribution in [1.82, 2.24) is 42.5 Å². The van der Waals surface area contributed by atoms with Crippen LogP contribution in [0.5, 0.6) is 0 Å². The summed E-state index contributed by atoms with van der Waals surface area (Å²) in [5.74, 6) is -7.68. The molecule has 0 saturated heterocycles. The topological polar surface area (TPSA) is 416 Å². The number of amides is 9. The monoisotopic (exact) mass is 1030 g/mol. The van der Waals surface area contributed by atoms with Crippen molar-refractivity contribution in [2.24, 2.45) is 57.3 Å². The van der Waals surface area contributed by atoms with Crippen LogP contribution in [0.4, 0.5) is 0 Å². The number of amidine groups is 1. The Morgan fingerprint density at radius 2 is 0.959 bits per heavy atom. The summed E-state index contributed by atoms with van der Waals surface area (Å²) < 4.78 is 0. The van der Waals surface area contributed by atoms with Crippen LogP contribution in [0.2, 0.25) is 0 Å². The highest BCUT2D eigenvalue weighted by Crippen LogP contribution is 2.14. The van der Waals surface area contributed by atoms with E-state index in [1.54, 1.807) is 52.0 Å². The molecule has 0 aliphatic heterocycles. The van der Waals surface area contributed by atoms with E-state index in [1.807, 2.05) is 27.7 Å². The molecule has 73 heavy (non-hydrogen) atoms. The second kappa shape index (κ2) is 33.0. The van der Waals surface area contributed by atoms with E-state index in [-0.39, 0.29) is 81.2 Å². The molecule has 410 valence electrons. The molecular formula is C49H85N15O9. The van der Waals surface area contributed by atoms with Gasteiger partial charge in [0, 0.05) is 25.6 Å². The number of carbonyl (C=O) groups excluding carboxylic acids is 9. The van der Waals surface area contributed by atoms with Crippen molar-refractivity contribution in [2.75, 3.05) is 13.1 Å². The molecule has 0 radical (unpaired) electrons. The third kappa shape index (κ3) is 25.9. The van der Waals surface area contributed by atoms with Gasteiger partial charge in [0.05, 0.1) is 6.42 Å². The lowest BCUT2D eigenvalue weighted by molar-refractivity contribution is -0.136. The van der Waals surface area contributed by atoms with Gasteiger partial charge in [0.1, 0.15) is 48.1 Å². The van der Waals surface area contributed by atoms with Crippen molar-refractivity contribution in [3.05, 3.63) is 35.4 Å². The number of guanidine groups is 1. The zero-order chi connectivity index (χ0) is 55.5. The van der Waals surface area contributed by atoms with Crippen LogP contribution in [0.1, 0.15) is 131 Å². The van der Waals surface area contributed by atoms with E-state index in [9.17, 15) is 43.2 Å². The maximum atomic E-state index is 14.3. The standard InChI is InChI=1S/C49H85N15O9/c1-26(2)21-35(58-30(9)65)44(69)63-38(24-39(51)66)47(72)62-37(23-28(5)6)46(71)61-36(22-27(3)4)45(70)59-34(14-12-20-56-49(54)55)43(68)64-40(29(7)8)48(73)60-33(13-10-11-19-50)42(67)57-25-31-15-17-32(18-16-31)41(52)53/h15-18,26-29,33-38,40H,10-14,19-25,50H2,1-9H3,(H2,51,66)(H3,52,53)(H,57,67)(H,58,65)(H,59,70)(H,60,73)(H,61,71)(H,62,72)(H,63,69)(H,64,68)(H4,54,55,56)/t33-,34-,35-,36-,37-,38-,40-/m0/s1. The van der Waals surface area contributed by atoms with Crippen LogP contribution in [-0.4, -0.2) is 120 Å². The first kappa shape index (κ1) is 64.2. The molecule has 9 amide bonds. The van der Waals surface area contributed by atoms with Crippen LogP contribution in [0.25, 0.3) is 0 Å². The van der Waals surface area contributed by atoms with Crippen LogP contribution in [-0.2, 0) is 49.7 Å². The molecule has 7 atom stereocenters. The van der Waals surface area contributed by atoms with E-state index >= 15 is 0 Å². The number of primary amides is 1. The first-order chi connectivity index (χ1) is 34.1. The summed E-state index contributed by atoms with van der Waals surface area (Å²) in [5.41, 5.74) is 29.1.